The van der Waals surface area contributed by atoms with Crippen LogP contribution in [0.1, 0.15) is 27.3 Å². The van der Waals surface area contributed by atoms with Crippen molar-refractivity contribution in [3.63, 3.8) is 0 Å². The summed E-state index contributed by atoms with van der Waals surface area (Å²) in [7, 11) is 0. The lowest BCUT2D eigenvalue weighted by Gasteiger charge is -2.11. The standard InChI is InChI=1S/C23H21N3O/c1-17-11-13-19(14-12-17)23(27)24-15-22-25-20-9-5-6-10-21(20)26(22)16-18-7-3-2-4-8-18/h2-14H,15-16H2,1H3,(H,24,27). The fourth-order valence-corrected chi connectivity index (χ4v) is 3.17. The number of aryl methyl sites for hydroxylation is 1. The summed E-state index contributed by atoms with van der Waals surface area (Å²) in [6, 6.07) is 25.9. The zero-order valence-corrected chi connectivity index (χ0v) is 15.2. The van der Waals surface area contributed by atoms with Crippen molar-refractivity contribution in [2.24, 2.45) is 0 Å². The molecule has 4 nitrogen and oxygen atoms in total. The number of hydrogen-bond donors (Lipinski definition) is 1. The molecule has 0 aliphatic heterocycles. The van der Waals surface area contributed by atoms with E-state index < -0.39 is 0 Å². The van der Waals surface area contributed by atoms with Gasteiger partial charge in [-0.2, -0.15) is 0 Å². The third-order valence-corrected chi connectivity index (χ3v) is 4.64. The lowest BCUT2D eigenvalue weighted by atomic mass is 10.1. The van der Waals surface area contributed by atoms with E-state index in [4.69, 9.17) is 4.98 Å². The Hall–Kier alpha value is -3.40. The van der Waals surface area contributed by atoms with Crippen molar-refractivity contribution in [2.45, 2.75) is 20.0 Å². The number of imidazole rings is 1. The van der Waals surface area contributed by atoms with Crippen molar-refractivity contribution in [2.75, 3.05) is 0 Å². The number of benzene rings is 3. The monoisotopic (exact) mass is 355 g/mol. The lowest BCUT2D eigenvalue weighted by Crippen LogP contribution is -2.24. The van der Waals surface area contributed by atoms with Gasteiger partial charge < -0.3 is 9.88 Å². The highest BCUT2D eigenvalue weighted by Crippen LogP contribution is 2.18. The molecule has 4 heteroatoms. The van der Waals surface area contributed by atoms with E-state index in [1.54, 1.807) is 0 Å². The summed E-state index contributed by atoms with van der Waals surface area (Å²) in [4.78, 5) is 17.2. The second-order valence-electron chi connectivity index (χ2n) is 6.64. The van der Waals surface area contributed by atoms with Crippen LogP contribution in [0, 0.1) is 6.92 Å². The van der Waals surface area contributed by atoms with E-state index in [9.17, 15) is 4.79 Å². The molecule has 0 unspecified atom stereocenters. The van der Waals surface area contributed by atoms with E-state index in [-0.39, 0.29) is 5.91 Å². The van der Waals surface area contributed by atoms with Crippen molar-refractivity contribution < 1.29 is 4.79 Å². The topological polar surface area (TPSA) is 46.9 Å². The van der Waals surface area contributed by atoms with Crippen molar-refractivity contribution in [3.05, 3.63) is 101 Å². The number of nitrogens with zero attached hydrogens (tertiary/aromatic N) is 2. The highest BCUT2D eigenvalue weighted by Gasteiger charge is 2.12. The Bertz CT molecular complexity index is 1070. The number of rotatable bonds is 5. The number of carbonyl (C=O) groups is 1. The first kappa shape index (κ1) is 17.0. The van der Waals surface area contributed by atoms with Gasteiger partial charge in [0.05, 0.1) is 17.6 Å². The molecule has 1 N–H and O–H groups in total. The molecule has 0 aliphatic carbocycles. The van der Waals surface area contributed by atoms with E-state index in [1.165, 1.54) is 5.56 Å². The average Bonchev–Trinajstić information content (AvgIpc) is 3.05. The smallest absolute Gasteiger partial charge is 0.251 e. The summed E-state index contributed by atoms with van der Waals surface area (Å²) >= 11 is 0. The maximum absolute atomic E-state index is 12.5. The van der Waals surface area contributed by atoms with Gasteiger partial charge in [-0.3, -0.25) is 4.79 Å². The normalized spacial score (nSPS) is 10.9. The molecule has 0 spiro atoms. The van der Waals surface area contributed by atoms with Gasteiger partial charge in [0.15, 0.2) is 0 Å². The minimum Gasteiger partial charge on any atom is -0.345 e. The van der Waals surface area contributed by atoms with Crippen molar-refractivity contribution in [3.8, 4) is 0 Å². The number of nitrogens with one attached hydrogen (secondary N) is 1. The maximum atomic E-state index is 12.5. The van der Waals surface area contributed by atoms with Gasteiger partial charge in [-0.15, -0.1) is 0 Å². The van der Waals surface area contributed by atoms with Gasteiger partial charge in [-0.1, -0.05) is 60.2 Å². The number of carbonyl (C=O) groups excluding carboxylic acids is 1. The van der Waals surface area contributed by atoms with Gasteiger partial charge in [0, 0.05) is 12.1 Å². The maximum Gasteiger partial charge on any atom is 0.251 e. The lowest BCUT2D eigenvalue weighted by molar-refractivity contribution is 0.0949. The number of hydrogen-bond acceptors (Lipinski definition) is 2. The molecule has 0 atom stereocenters. The van der Waals surface area contributed by atoms with Gasteiger partial charge in [0.2, 0.25) is 0 Å². The molecule has 27 heavy (non-hydrogen) atoms. The van der Waals surface area contributed by atoms with Crippen LogP contribution in [0.4, 0.5) is 0 Å². The summed E-state index contributed by atoms with van der Waals surface area (Å²) in [6.45, 7) is 3.11. The van der Waals surface area contributed by atoms with Gasteiger partial charge in [-0.05, 0) is 36.8 Å². The summed E-state index contributed by atoms with van der Waals surface area (Å²) < 4.78 is 2.17. The SMILES string of the molecule is Cc1ccc(C(=O)NCc2nc3ccccc3n2Cc2ccccc2)cc1. The first-order chi connectivity index (χ1) is 13.2. The molecule has 0 aliphatic rings. The van der Waals surface area contributed by atoms with Crippen molar-refractivity contribution in [1.82, 2.24) is 14.9 Å². The third kappa shape index (κ3) is 3.75. The number of aromatic nitrogens is 2. The quantitative estimate of drug-likeness (QED) is 0.579. The van der Waals surface area contributed by atoms with Crippen LogP contribution in [-0.2, 0) is 13.1 Å². The molecule has 4 rings (SSSR count). The molecule has 0 radical (unpaired) electrons. The Morgan fingerprint density at radius 3 is 2.41 bits per heavy atom. The van der Waals surface area contributed by atoms with E-state index >= 15 is 0 Å². The van der Waals surface area contributed by atoms with Gasteiger partial charge >= 0.3 is 0 Å². The predicted octanol–water partition coefficient (Wildman–Crippen LogP) is 4.32. The molecular formula is C23H21N3O. The number of fused-ring (bicyclic) bond motifs is 1. The van der Waals surface area contributed by atoms with Crippen LogP contribution < -0.4 is 5.32 Å². The van der Waals surface area contributed by atoms with Crippen LogP contribution in [0.25, 0.3) is 11.0 Å². The molecule has 0 saturated carbocycles. The van der Waals surface area contributed by atoms with Crippen LogP contribution >= 0.6 is 0 Å². The van der Waals surface area contributed by atoms with Crippen molar-refractivity contribution in [1.29, 1.82) is 0 Å². The molecule has 1 aromatic heterocycles. The number of amides is 1. The van der Waals surface area contributed by atoms with E-state index in [0.29, 0.717) is 12.1 Å². The fraction of sp³-hybridized carbons (Fsp3) is 0.130. The Balaban J connectivity index is 1.60. The highest BCUT2D eigenvalue weighted by molar-refractivity contribution is 5.94. The zero-order chi connectivity index (χ0) is 18.6. The van der Waals surface area contributed by atoms with Crippen LogP contribution in [0.5, 0.6) is 0 Å². The summed E-state index contributed by atoms with van der Waals surface area (Å²) in [6.07, 6.45) is 0. The Morgan fingerprint density at radius 2 is 1.63 bits per heavy atom. The largest absolute Gasteiger partial charge is 0.345 e. The average molecular weight is 355 g/mol. The van der Waals surface area contributed by atoms with Crippen LogP contribution in [0.15, 0.2) is 78.9 Å². The summed E-state index contributed by atoms with van der Waals surface area (Å²) in [5.74, 6) is 0.758. The first-order valence-electron chi connectivity index (χ1n) is 9.03. The van der Waals surface area contributed by atoms with E-state index in [2.05, 4.69) is 28.1 Å². The molecule has 134 valence electrons. The fourth-order valence-electron chi connectivity index (χ4n) is 3.17. The molecule has 1 amide bonds. The summed E-state index contributed by atoms with van der Waals surface area (Å²) in [5, 5.41) is 3.00. The van der Waals surface area contributed by atoms with Crippen LogP contribution in [0.2, 0.25) is 0 Å². The Morgan fingerprint density at radius 1 is 0.926 bits per heavy atom. The molecule has 0 saturated heterocycles. The summed E-state index contributed by atoms with van der Waals surface area (Å²) in [5.41, 5.74) is 5.00. The minimum absolute atomic E-state index is 0.0895. The first-order valence-corrected chi connectivity index (χ1v) is 9.03. The van der Waals surface area contributed by atoms with Gasteiger partial charge in [0.1, 0.15) is 5.82 Å². The van der Waals surface area contributed by atoms with Crippen LogP contribution in [-0.4, -0.2) is 15.5 Å². The van der Waals surface area contributed by atoms with Gasteiger partial charge in [-0.25, -0.2) is 4.98 Å². The van der Waals surface area contributed by atoms with E-state index in [0.717, 1.165) is 29.0 Å². The zero-order valence-electron chi connectivity index (χ0n) is 15.2. The van der Waals surface area contributed by atoms with Gasteiger partial charge in [0.25, 0.3) is 5.91 Å². The molecule has 3 aromatic carbocycles. The molecule has 1 heterocycles. The molecular weight excluding hydrogens is 334 g/mol. The second-order valence-corrected chi connectivity index (χ2v) is 6.64. The highest BCUT2D eigenvalue weighted by atomic mass is 16.1. The number of para-hydroxylation sites is 2. The Labute approximate surface area is 158 Å². The second kappa shape index (κ2) is 7.46. The third-order valence-electron chi connectivity index (χ3n) is 4.64. The van der Waals surface area contributed by atoms with Crippen LogP contribution in [0.3, 0.4) is 0 Å². The molecule has 0 fully saturated rings. The molecule has 0 bridgehead atoms. The van der Waals surface area contributed by atoms with E-state index in [1.807, 2.05) is 67.6 Å². The molecule has 4 aromatic rings. The Kier molecular flexibility index (Phi) is 4.71. The van der Waals surface area contributed by atoms with Crippen molar-refractivity contribution >= 4 is 16.9 Å². The predicted molar refractivity (Wildman–Crippen MR) is 108 cm³/mol. The minimum atomic E-state index is -0.0895.